The van der Waals surface area contributed by atoms with E-state index in [0.717, 1.165) is 11.1 Å². The van der Waals surface area contributed by atoms with Gasteiger partial charge in [0.1, 0.15) is 10.9 Å². The first-order valence-corrected chi connectivity index (χ1v) is 12.3. The number of hydrogen-bond acceptors (Lipinski definition) is 7. The van der Waals surface area contributed by atoms with Crippen molar-refractivity contribution in [2.75, 3.05) is 20.8 Å². The highest BCUT2D eigenvalue weighted by Gasteiger charge is 2.31. The first kappa shape index (κ1) is 25.6. The van der Waals surface area contributed by atoms with E-state index in [4.69, 9.17) is 33.3 Å². The standard InChI is InChI=1S/C23H21BrClNO5S2/c1-29-18-11-14(10-16(24)21(18)31-13-15-6-3-4-7-17(15)25)12-19-22(28)26(23(32)33-19)9-5-8-20(27)30-2/h3-4,6-7,10-12H,5,8-9,13H2,1-2H3/b19-12-. The van der Waals surface area contributed by atoms with Gasteiger partial charge in [-0.2, -0.15) is 0 Å². The van der Waals surface area contributed by atoms with Crippen LogP contribution in [-0.2, 0) is 20.9 Å². The monoisotopic (exact) mass is 569 g/mol. The van der Waals surface area contributed by atoms with Crippen molar-refractivity contribution >= 4 is 73.8 Å². The molecule has 0 radical (unpaired) electrons. The number of benzene rings is 2. The van der Waals surface area contributed by atoms with Gasteiger partial charge in [-0.15, -0.1) is 0 Å². The molecule has 174 valence electrons. The summed E-state index contributed by atoms with van der Waals surface area (Å²) in [4.78, 5) is 26.1. The van der Waals surface area contributed by atoms with Crippen LogP contribution in [0.5, 0.6) is 11.5 Å². The molecular weight excluding hydrogens is 550 g/mol. The van der Waals surface area contributed by atoms with E-state index in [0.29, 0.717) is 43.2 Å². The Kier molecular flexibility index (Phi) is 9.19. The zero-order valence-corrected chi connectivity index (χ0v) is 21.9. The summed E-state index contributed by atoms with van der Waals surface area (Å²) < 4.78 is 17.2. The fourth-order valence-corrected chi connectivity index (χ4v) is 5.13. The van der Waals surface area contributed by atoms with E-state index in [2.05, 4.69) is 20.7 Å². The van der Waals surface area contributed by atoms with E-state index in [1.54, 1.807) is 25.3 Å². The van der Waals surface area contributed by atoms with Gasteiger partial charge in [-0.1, -0.05) is 53.8 Å². The second kappa shape index (κ2) is 11.9. The maximum Gasteiger partial charge on any atom is 0.305 e. The van der Waals surface area contributed by atoms with Gasteiger partial charge in [0, 0.05) is 23.6 Å². The Hall–Kier alpha value is -2.07. The van der Waals surface area contributed by atoms with Crippen LogP contribution in [0.25, 0.3) is 6.08 Å². The quantitative estimate of drug-likeness (QED) is 0.213. The number of ether oxygens (including phenoxy) is 3. The Morgan fingerprint density at radius 3 is 2.73 bits per heavy atom. The molecule has 0 N–H and O–H groups in total. The van der Waals surface area contributed by atoms with E-state index in [1.165, 1.54) is 23.8 Å². The zero-order valence-electron chi connectivity index (χ0n) is 17.9. The molecule has 33 heavy (non-hydrogen) atoms. The number of hydrogen-bond donors (Lipinski definition) is 0. The molecule has 0 aliphatic carbocycles. The van der Waals surface area contributed by atoms with Crippen molar-refractivity contribution in [3.05, 3.63) is 61.9 Å². The van der Waals surface area contributed by atoms with Crippen LogP contribution in [0.4, 0.5) is 0 Å². The lowest BCUT2D eigenvalue weighted by Crippen LogP contribution is -2.29. The molecular formula is C23H21BrClNO5S2. The lowest BCUT2D eigenvalue weighted by Gasteiger charge is -2.14. The van der Waals surface area contributed by atoms with Gasteiger partial charge in [-0.05, 0) is 52.2 Å². The van der Waals surface area contributed by atoms with Gasteiger partial charge in [-0.25, -0.2) is 0 Å². The minimum absolute atomic E-state index is 0.191. The first-order valence-electron chi connectivity index (χ1n) is 9.90. The summed E-state index contributed by atoms with van der Waals surface area (Å²) in [5.74, 6) is 0.537. The van der Waals surface area contributed by atoms with Crippen LogP contribution in [0.2, 0.25) is 5.02 Å². The SMILES string of the molecule is COC(=O)CCCN1C(=O)/C(=C/c2cc(Br)c(OCc3ccccc3Cl)c(OC)c2)SC1=S. The molecule has 1 fully saturated rings. The Balaban J connectivity index is 1.75. The lowest BCUT2D eigenvalue weighted by atomic mass is 10.1. The number of carbonyl (C=O) groups is 2. The summed E-state index contributed by atoms with van der Waals surface area (Å²) >= 11 is 16.3. The predicted molar refractivity (Wildman–Crippen MR) is 138 cm³/mol. The number of carbonyl (C=O) groups excluding carboxylic acids is 2. The van der Waals surface area contributed by atoms with E-state index < -0.39 is 0 Å². The molecule has 1 aliphatic heterocycles. The zero-order chi connectivity index (χ0) is 24.0. The van der Waals surface area contributed by atoms with Crippen molar-refractivity contribution in [2.24, 2.45) is 0 Å². The average molecular weight is 571 g/mol. The molecule has 1 aliphatic rings. The van der Waals surface area contributed by atoms with Gasteiger partial charge in [-0.3, -0.25) is 14.5 Å². The molecule has 6 nitrogen and oxygen atoms in total. The molecule has 3 rings (SSSR count). The van der Waals surface area contributed by atoms with Crippen molar-refractivity contribution in [1.82, 2.24) is 4.90 Å². The maximum atomic E-state index is 12.8. The van der Waals surface area contributed by atoms with Gasteiger partial charge in [0.2, 0.25) is 0 Å². The number of nitrogens with zero attached hydrogens (tertiary/aromatic N) is 1. The highest BCUT2D eigenvalue weighted by Crippen LogP contribution is 2.39. The molecule has 1 amide bonds. The predicted octanol–water partition coefficient (Wildman–Crippen LogP) is 5.84. The summed E-state index contributed by atoms with van der Waals surface area (Å²) in [6.07, 6.45) is 2.46. The summed E-state index contributed by atoms with van der Waals surface area (Å²) in [5.41, 5.74) is 1.60. The van der Waals surface area contributed by atoms with Crippen molar-refractivity contribution in [3.63, 3.8) is 0 Å². The van der Waals surface area contributed by atoms with Crippen molar-refractivity contribution in [3.8, 4) is 11.5 Å². The summed E-state index contributed by atoms with van der Waals surface area (Å²) in [6.45, 7) is 0.636. The van der Waals surface area contributed by atoms with Crippen LogP contribution in [0, 0.1) is 0 Å². The molecule has 0 aromatic heterocycles. The normalized spacial score (nSPS) is 14.7. The van der Waals surface area contributed by atoms with Gasteiger partial charge < -0.3 is 14.2 Å². The molecule has 0 saturated carbocycles. The minimum atomic E-state index is -0.315. The largest absolute Gasteiger partial charge is 0.493 e. The summed E-state index contributed by atoms with van der Waals surface area (Å²) in [6, 6.07) is 11.1. The van der Waals surface area contributed by atoms with E-state index >= 15 is 0 Å². The van der Waals surface area contributed by atoms with Crippen LogP contribution in [-0.4, -0.2) is 41.9 Å². The minimum Gasteiger partial charge on any atom is -0.493 e. The molecule has 2 aromatic carbocycles. The Bertz CT molecular complexity index is 1110. The summed E-state index contributed by atoms with van der Waals surface area (Å²) in [5, 5.41) is 0.623. The number of methoxy groups -OCH3 is 2. The van der Waals surface area contributed by atoms with Crippen LogP contribution in [0.3, 0.4) is 0 Å². The average Bonchev–Trinajstić information content (AvgIpc) is 3.06. The molecule has 1 heterocycles. The molecule has 1 saturated heterocycles. The number of halogens is 2. The van der Waals surface area contributed by atoms with Gasteiger partial charge in [0.05, 0.1) is 23.6 Å². The van der Waals surface area contributed by atoms with Gasteiger partial charge >= 0.3 is 5.97 Å². The van der Waals surface area contributed by atoms with Crippen LogP contribution < -0.4 is 9.47 Å². The summed E-state index contributed by atoms with van der Waals surface area (Å²) in [7, 11) is 2.89. The number of amides is 1. The Morgan fingerprint density at radius 1 is 1.27 bits per heavy atom. The highest BCUT2D eigenvalue weighted by atomic mass is 79.9. The van der Waals surface area contributed by atoms with Crippen LogP contribution in [0.15, 0.2) is 45.8 Å². The Morgan fingerprint density at radius 2 is 2.03 bits per heavy atom. The molecule has 0 unspecified atom stereocenters. The topological polar surface area (TPSA) is 65.1 Å². The number of thiocarbonyl (C=S) groups is 1. The van der Waals surface area contributed by atoms with E-state index in [1.807, 2.05) is 24.3 Å². The van der Waals surface area contributed by atoms with E-state index in [-0.39, 0.29) is 24.9 Å². The van der Waals surface area contributed by atoms with Crippen LogP contribution in [0.1, 0.15) is 24.0 Å². The molecule has 0 spiro atoms. The first-order chi connectivity index (χ1) is 15.8. The fraction of sp³-hybridized carbons (Fsp3) is 0.261. The third kappa shape index (κ3) is 6.50. The van der Waals surface area contributed by atoms with E-state index in [9.17, 15) is 9.59 Å². The maximum absolute atomic E-state index is 12.8. The van der Waals surface area contributed by atoms with Gasteiger partial charge in [0.25, 0.3) is 5.91 Å². The third-order valence-corrected chi connectivity index (χ3v) is 7.08. The highest BCUT2D eigenvalue weighted by molar-refractivity contribution is 9.10. The molecule has 2 aromatic rings. The number of esters is 1. The second-order valence-corrected chi connectivity index (χ2v) is 9.86. The molecule has 0 bridgehead atoms. The third-order valence-electron chi connectivity index (χ3n) is 4.74. The number of rotatable bonds is 9. The van der Waals surface area contributed by atoms with Crippen molar-refractivity contribution < 1.29 is 23.8 Å². The van der Waals surface area contributed by atoms with Crippen molar-refractivity contribution in [2.45, 2.75) is 19.4 Å². The smallest absolute Gasteiger partial charge is 0.305 e. The number of thioether (sulfide) groups is 1. The van der Waals surface area contributed by atoms with Crippen molar-refractivity contribution in [1.29, 1.82) is 0 Å². The van der Waals surface area contributed by atoms with Crippen LogP contribution >= 0.6 is 51.5 Å². The molecule has 0 atom stereocenters. The lowest BCUT2D eigenvalue weighted by molar-refractivity contribution is -0.141. The van der Waals surface area contributed by atoms with Gasteiger partial charge in [0.15, 0.2) is 11.5 Å². The Labute approximate surface area is 215 Å². The fourth-order valence-electron chi connectivity index (χ4n) is 3.06. The molecule has 10 heteroatoms. The second-order valence-electron chi connectivity index (χ2n) is 6.93.